The summed E-state index contributed by atoms with van der Waals surface area (Å²) in [6, 6.07) is 0. The molecular weight excluding hydrogens is 264 g/mol. The summed E-state index contributed by atoms with van der Waals surface area (Å²) in [5.41, 5.74) is 5.43. The topological polar surface area (TPSA) is 72.2 Å². The minimum absolute atomic E-state index is 0.0454. The van der Waals surface area contributed by atoms with Crippen LogP contribution in [0.1, 0.15) is 26.2 Å². The van der Waals surface area contributed by atoms with E-state index in [2.05, 4.69) is 4.72 Å². The van der Waals surface area contributed by atoms with E-state index in [4.69, 9.17) is 18.0 Å². The molecule has 0 aromatic carbocycles. The van der Waals surface area contributed by atoms with Crippen molar-refractivity contribution in [2.75, 3.05) is 12.8 Å². The highest BCUT2D eigenvalue weighted by atomic mass is 32.2. The van der Waals surface area contributed by atoms with Crippen molar-refractivity contribution in [3.05, 3.63) is 0 Å². The van der Waals surface area contributed by atoms with Gasteiger partial charge in [0.15, 0.2) is 0 Å². The van der Waals surface area contributed by atoms with Gasteiger partial charge in [-0.25, -0.2) is 13.1 Å². The summed E-state index contributed by atoms with van der Waals surface area (Å²) in [7, 11) is -3.40. The van der Waals surface area contributed by atoms with Gasteiger partial charge in [-0.1, -0.05) is 19.1 Å². The first-order valence-electron chi connectivity index (χ1n) is 5.20. The van der Waals surface area contributed by atoms with Gasteiger partial charge in [-0.05, 0) is 25.5 Å². The van der Waals surface area contributed by atoms with Gasteiger partial charge in [-0.3, -0.25) is 0 Å². The second-order valence-electron chi connectivity index (χ2n) is 4.05. The minimum Gasteiger partial charge on any atom is -0.392 e. The molecule has 3 N–H and O–H groups in total. The number of thiocarbonyl (C=S) groups is 1. The molecule has 0 aromatic rings. The normalized spacial score (nSPS) is 20.4. The molecule has 0 bridgehead atoms. The zero-order valence-corrected chi connectivity index (χ0v) is 12.0. The third kappa shape index (κ3) is 3.32. The highest BCUT2D eigenvalue weighted by molar-refractivity contribution is 8.00. The van der Waals surface area contributed by atoms with Crippen molar-refractivity contribution in [1.82, 2.24) is 4.72 Å². The van der Waals surface area contributed by atoms with Gasteiger partial charge in [0.2, 0.25) is 10.0 Å². The number of thioether (sulfide) groups is 1. The molecule has 1 aliphatic carbocycles. The van der Waals surface area contributed by atoms with E-state index >= 15 is 0 Å². The zero-order chi connectivity index (χ0) is 12.4. The lowest BCUT2D eigenvalue weighted by molar-refractivity contribution is 0.572. The first kappa shape index (κ1) is 14.2. The molecule has 7 heteroatoms. The van der Waals surface area contributed by atoms with E-state index < -0.39 is 15.3 Å². The summed E-state index contributed by atoms with van der Waals surface area (Å²) in [5, 5.41) is -0.750. The van der Waals surface area contributed by atoms with Crippen LogP contribution in [0.2, 0.25) is 0 Å². The number of nitrogens with two attached hydrogens (primary N) is 1. The monoisotopic (exact) mass is 282 g/mol. The molecule has 1 saturated carbocycles. The molecule has 0 spiro atoms. The number of sulfonamides is 1. The van der Waals surface area contributed by atoms with Crippen LogP contribution < -0.4 is 10.5 Å². The SMILES string of the molecule is CCC(C(N)=S)S(=O)(=O)NCC1(SC)CC1. The molecule has 0 heterocycles. The molecule has 0 aliphatic heterocycles. The molecule has 1 fully saturated rings. The lowest BCUT2D eigenvalue weighted by Crippen LogP contribution is -2.44. The standard InChI is InChI=1S/C9H18N2O2S3/c1-3-7(8(10)14)16(12,13)11-6-9(15-2)4-5-9/h7,11H,3-6H2,1-2H3,(H2,10,14). The zero-order valence-electron chi connectivity index (χ0n) is 9.52. The Morgan fingerprint density at radius 1 is 1.62 bits per heavy atom. The van der Waals surface area contributed by atoms with Crippen LogP contribution in [0.3, 0.4) is 0 Å². The smallest absolute Gasteiger partial charge is 0.221 e. The number of hydrogen-bond donors (Lipinski definition) is 2. The van der Waals surface area contributed by atoms with Gasteiger partial charge >= 0.3 is 0 Å². The van der Waals surface area contributed by atoms with E-state index in [9.17, 15) is 8.42 Å². The van der Waals surface area contributed by atoms with E-state index in [1.165, 1.54) is 0 Å². The summed E-state index contributed by atoms with van der Waals surface area (Å²) in [6.07, 6.45) is 4.56. The minimum atomic E-state index is -3.40. The largest absolute Gasteiger partial charge is 0.392 e. The number of rotatable bonds is 7. The van der Waals surface area contributed by atoms with E-state index in [0.717, 1.165) is 12.8 Å². The Labute approximate surface area is 107 Å². The fourth-order valence-corrected chi connectivity index (χ4v) is 4.29. The molecule has 4 nitrogen and oxygen atoms in total. The van der Waals surface area contributed by atoms with Crippen LogP contribution in [-0.4, -0.2) is 36.2 Å². The molecule has 1 unspecified atom stereocenters. The Kier molecular flexibility index (Phi) is 4.62. The number of nitrogens with one attached hydrogen (secondary N) is 1. The van der Waals surface area contributed by atoms with E-state index in [1.807, 2.05) is 6.26 Å². The summed E-state index contributed by atoms with van der Waals surface area (Å²) in [4.78, 5) is 0.0454. The Morgan fingerprint density at radius 2 is 2.19 bits per heavy atom. The van der Waals surface area contributed by atoms with Crippen molar-refractivity contribution in [3.63, 3.8) is 0 Å². The van der Waals surface area contributed by atoms with E-state index in [-0.39, 0.29) is 9.74 Å². The highest BCUT2D eigenvalue weighted by Crippen LogP contribution is 2.46. The van der Waals surface area contributed by atoms with Crippen LogP contribution in [-0.2, 0) is 10.0 Å². The van der Waals surface area contributed by atoms with Crippen LogP contribution in [0.15, 0.2) is 0 Å². The van der Waals surface area contributed by atoms with Gasteiger partial charge in [0.25, 0.3) is 0 Å². The van der Waals surface area contributed by atoms with Crippen molar-refractivity contribution in [2.24, 2.45) is 5.73 Å². The Hall–Kier alpha value is 0.150. The van der Waals surface area contributed by atoms with Crippen molar-refractivity contribution in [1.29, 1.82) is 0 Å². The third-order valence-corrected chi connectivity index (χ3v) is 6.63. The predicted octanol–water partition coefficient (Wildman–Crippen LogP) is 0.866. The molecule has 1 atom stereocenters. The van der Waals surface area contributed by atoms with Crippen LogP contribution >= 0.6 is 24.0 Å². The first-order chi connectivity index (χ1) is 7.37. The lowest BCUT2D eigenvalue weighted by atomic mass is 10.3. The summed E-state index contributed by atoms with van der Waals surface area (Å²) in [6.45, 7) is 2.25. The third-order valence-electron chi connectivity index (χ3n) is 2.90. The molecule has 0 amide bonds. The molecule has 16 heavy (non-hydrogen) atoms. The van der Waals surface area contributed by atoms with E-state index in [0.29, 0.717) is 13.0 Å². The van der Waals surface area contributed by atoms with Gasteiger partial charge in [-0.2, -0.15) is 11.8 Å². The summed E-state index contributed by atoms with van der Waals surface area (Å²) in [5.74, 6) is 0. The molecular formula is C9H18N2O2S3. The van der Waals surface area contributed by atoms with E-state index in [1.54, 1.807) is 18.7 Å². The van der Waals surface area contributed by atoms with Crippen molar-refractivity contribution in [2.45, 2.75) is 36.2 Å². The maximum atomic E-state index is 11.9. The second kappa shape index (κ2) is 5.20. The van der Waals surface area contributed by atoms with Gasteiger partial charge in [-0.15, -0.1) is 0 Å². The van der Waals surface area contributed by atoms with Crippen molar-refractivity contribution in [3.8, 4) is 0 Å². The predicted molar refractivity (Wildman–Crippen MR) is 73.3 cm³/mol. The average molecular weight is 282 g/mol. The molecule has 0 aromatic heterocycles. The molecule has 0 radical (unpaired) electrons. The Bertz CT molecular complexity index is 363. The Balaban J connectivity index is 2.61. The molecule has 1 rings (SSSR count). The van der Waals surface area contributed by atoms with Crippen LogP contribution in [0.5, 0.6) is 0 Å². The average Bonchev–Trinajstić information content (AvgIpc) is 2.95. The highest BCUT2D eigenvalue weighted by Gasteiger charge is 2.43. The van der Waals surface area contributed by atoms with Crippen LogP contribution in [0.4, 0.5) is 0 Å². The van der Waals surface area contributed by atoms with Crippen molar-refractivity contribution >= 4 is 39.0 Å². The fourth-order valence-electron chi connectivity index (χ4n) is 1.50. The maximum Gasteiger partial charge on any atom is 0.221 e. The maximum absolute atomic E-state index is 11.9. The molecule has 1 aliphatic rings. The van der Waals surface area contributed by atoms with Crippen LogP contribution in [0, 0.1) is 0 Å². The quantitative estimate of drug-likeness (QED) is 0.678. The van der Waals surface area contributed by atoms with Gasteiger partial charge in [0.05, 0.1) is 4.99 Å². The fraction of sp³-hybridized carbons (Fsp3) is 0.889. The summed E-state index contributed by atoms with van der Waals surface area (Å²) < 4.78 is 26.6. The number of hydrogen-bond acceptors (Lipinski definition) is 4. The molecule has 0 saturated heterocycles. The van der Waals surface area contributed by atoms with Gasteiger partial charge < -0.3 is 5.73 Å². The van der Waals surface area contributed by atoms with Crippen molar-refractivity contribution < 1.29 is 8.42 Å². The van der Waals surface area contributed by atoms with Gasteiger partial charge in [0, 0.05) is 11.3 Å². The first-order valence-corrected chi connectivity index (χ1v) is 8.38. The summed E-state index contributed by atoms with van der Waals surface area (Å²) >= 11 is 6.48. The Morgan fingerprint density at radius 3 is 2.50 bits per heavy atom. The van der Waals surface area contributed by atoms with Crippen LogP contribution in [0.25, 0.3) is 0 Å². The lowest BCUT2D eigenvalue weighted by Gasteiger charge is -2.18. The molecule has 94 valence electrons. The second-order valence-corrected chi connectivity index (χ2v) is 7.75. The van der Waals surface area contributed by atoms with Gasteiger partial charge in [0.1, 0.15) is 5.25 Å².